The van der Waals surface area contributed by atoms with Crippen LogP contribution in [0.15, 0.2) is 53.7 Å². The van der Waals surface area contributed by atoms with Gasteiger partial charge in [0, 0.05) is 5.69 Å². The zero-order chi connectivity index (χ0) is 22.5. The molecule has 1 fully saturated rings. The smallest absolute Gasteiger partial charge is 0.237 e. The van der Waals surface area contributed by atoms with Gasteiger partial charge in [0.05, 0.1) is 23.4 Å². The van der Waals surface area contributed by atoms with E-state index in [4.69, 9.17) is 11.6 Å². The summed E-state index contributed by atoms with van der Waals surface area (Å²) in [7, 11) is 0. The van der Waals surface area contributed by atoms with Crippen LogP contribution < -0.4 is 5.32 Å². The van der Waals surface area contributed by atoms with E-state index in [2.05, 4.69) is 37.1 Å². The summed E-state index contributed by atoms with van der Waals surface area (Å²) in [5.41, 5.74) is 1.60. The van der Waals surface area contributed by atoms with E-state index in [1.807, 2.05) is 25.1 Å². The molecule has 6 nitrogen and oxygen atoms in total. The molecule has 1 atom stereocenters. The zero-order valence-electron chi connectivity index (χ0n) is 17.8. The molecule has 168 valence electrons. The van der Waals surface area contributed by atoms with E-state index in [1.165, 1.54) is 42.8 Å². The number of amides is 1. The lowest BCUT2D eigenvalue weighted by atomic mass is 10.2. The molecule has 4 rings (SSSR count). The Morgan fingerprint density at radius 1 is 1.16 bits per heavy atom. The normalized spacial score (nSPS) is 15.1. The van der Waals surface area contributed by atoms with E-state index in [0.29, 0.717) is 17.4 Å². The highest BCUT2D eigenvalue weighted by Crippen LogP contribution is 2.26. The number of hydrogen-bond donors (Lipinski definition) is 1. The molecule has 0 radical (unpaired) electrons. The number of likely N-dealkylation sites (tertiary alicyclic amines) is 1. The van der Waals surface area contributed by atoms with Crippen molar-refractivity contribution >= 4 is 35.0 Å². The highest BCUT2D eigenvalue weighted by molar-refractivity contribution is 8.00. The molecule has 0 aliphatic carbocycles. The van der Waals surface area contributed by atoms with Gasteiger partial charge in [-0.05, 0) is 56.6 Å². The minimum absolute atomic E-state index is 0.0303. The minimum Gasteiger partial charge on any atom is -0.325 e. The molecule has 1 unspecified atom stereocenters. The third kappa shape index (κ3) is 5.68. The van der Waals surface area contributed by atoms with Crippen LogP contribution in [-0.2, 0) is 17.9 Å². The Bertz CT molecular complexity index is 1070. The molecule has 0 bridgehead atoms. The van der Waals surface area contributed by atoms with Crippen molar-refractivity contribution in [3.8, 4) is 0 Å². The molecule has 1 aromatic heterocycles. The summed E-state index contributed by atoms with van der Waals surface area (Å²) in [4.78, 5) is 15.1. The second-order valence-electron chi connectivity index (χ2n) is 7.83. The Morgan fingerprint density at radius 3 is 2.62 bits per heavy atom. The van der Waals surface area contributed by atoms with Crippen LogP contribution in [0.25, 0.3) is 0 Å². The number of anilines is 1. The summed E-state index contributed by atoms with van der Waals surface area (Å²) in [6, 6.07) is 14.3. The number of thioether (sulfide) groups is 1. The Kier molecular flexibility index (Phi) is 7.44. The third-order valence-electron chi connectivity index (χ3n) is 5.38. The zero-order valence-corrected chi connectivity index (χ0v) is 19.4. The maximum absolute atomic E-state index is 13.4. The van der Waals surface area contributed by atoms with Crippen molar-refractivity contribution in [2.45, 2.75) is 43.3 Å². The lowest BCUT2D eigenvalue weighted by Gasteiger charge is -2.17. The molecule has 1 aliphatic heterocycles. The molecule has 3 aromatic rings. The fraction of sp³-hybridized carbons (Fsp3) is 0.348. The maximum atomic E-state index is 13.4. The topological polar surface area (TPSA) is 63.1 Å². The van der Waals surface area contributed by atoms with Gasteiger partial charge in [0.2, 0.25) is 5.91 Å². The molecule has 2 heterocycles. The molecule has 1 N–H and O–H groups in total. The van der Waals surface area contributed by atoms with Gasteiger partial charge in [0.15, 0.2) is 5.16 Å². The average Bonchev–Trinajstić information content (AvgIpc) is 3.43. The summed E-state index contributed by atoms with van der Waals surface area (Å²) in [6.45, 7) is 5.34. The number of carbonyl (C=O) groups is 1. The molecule has 0 saturated carbocycles. The molecular formula is C23H25ClFN5OS. The van der Waals surface area contributed by atoms with Gasteiger partial charge in [0.1, 0.15) is 11.6 Å². The SMILES string of the molecule is CC(Sc1nnc(CN2CCCC2)n1Cc1ccccc1)C(=O)Nc1ccc(F)c(Cl)c1. The number of nitrogens with zero attached hydrogens (tertiary/aromatic N) is 4. The molecule has 1 amide bonds. The quantitative estimate of drug-likeness (QED) is 0.474. The van der Waals surface area contributed by atoms with Gasteiger partial charge in [-0.3, -0.25) is 9.69 Å². The van der Waals surface area contributed by atoms with Crippen LogP contribution in [0.4, 0.5) is 10.1 Å². The first-order chi connectivity index (χ1) is 15.5. The number of aromatic nitrogens is 3. The van der Waals surface area contributed by atoms with Gasteiger partial charge in [-0.25, -0.2) is 4.39 Å². The van der Waals surface area contributed by atoms with Crippen molar-refractivity contribution in [1.82, 2.24) is 19.7 Å². The van der Waals surface area contributed by atoms with Crippen LogP contribution in [-0.4, -0.2) is 43.9 Å². The fourth-order valence-corrected chi connectivity index (χ4v) is 4.67. The lowest BCUT2D eigenvalue weighted by molar-refractivity contribution is -0.115. The summed E-state index contributed by atoms with van der Waals surface area (Å²) >= 11 is 7.17. The Hall–Kier alpha value is -2.42. The predicted octanol–water partition coefficient (Wildman–Crippen LogP) is 4.83. The summed E-state index contributed by atoms with van der Waals surface area (Å²) in [5.74, 6) is 0.163. The standard InChI is InChI=1S/C23H25ClFN5OS/c1-16(22(31)26-18-9-10-20(25)19(24)13-18)32-23-28-27-21(15-29-11-5-6-12-29)30(23)14-17-7-3-2-4-8-17/h2-4,7-10,13,16H,5-6,11-12,14-15H2,1H3,(H,26,31). The Morgan fingerprint density at radius 2 is 1.91 bits per heavy atom. The summed E-state index contributed by atoms with van der Waals surface area (Å²) in [6.07, 6.45) is 2.41. The van der Waals surface area contributed by atoms with E-state index in [-0.39, 0.29) is 10.9 Å². The number of halogens is 2. The van der Waals surface area contributed by atoms with Crippen molar-refractivity contribution in [2.24, 2.45) is 0 Å². The van der Waals surface area contributed by atoms with E-state index >= 15 is 0 Å². The average molecular weight is 474 g/mol. The van der Waals surface area contributed by atoms with Crippen molar-refractivity contribution in [3.05, 3.63) is 70.8 Å². The Labute approximate surface area is 196 Å². The summed E-state index contributed by atoms with van der Waals surface area (Å²) < 4.78 is 15.5. The minimum atomic E-state index is -0.522. The van der Waals surface area contributed by atoms with Crippen LogP contribution in [0.3, 0.4) is 0 Å². The van der Waals surface area contributed by atoms with E-state index in [0.717, 1.165) is 31.0 Å². The van der Waals surface area contributed by atoms with Crippen LogP contribution >= 0.6 is 23.4 Å². The van der Waals surface area contributed by atoms with Gasteiger partial charge < -0.3 is 9.88 Å². The first-order valence-electron chi connectivity index (χ1n) is 10.6. The number of hydrogen-bond acceptors (Lipinski definition) is 5. The number of rotatable bonds is 8. The number of carbonyl (C=O) groups excluding carboxylic acids is 1. The third-order valence-corrected chi connectivity index (χ3v) is 6.75. The van der Waals surface area contributed by atoms with Gasteiger partial charge in [0.25, 0.3) is 0 Å². The van der Waals surface area contributed by atoms with Gasteiger partial charge in [-0.1, -0.05) is 53.7 Å². The van der Waals surface area contributed by atoms with Crippen LogP contribution in [0.5, 0.6) is 0 Å². The molecule has 1 aliphatic rings. The van der Waals surface area contributed by atoms with Crippen LogP contribution in [0.1, 0.15) is 31.2 Å². The molecular weight excluding hydrogens is 449 g/mol. The molecule has 9 heteroatoms. The van der Waals surface area contributed by atoms with Gasteiger partial charge in [-0.2, -0.15) is 0 Å². The van der Waals surface area contributed by atoms with E-state index in [1.54, 1.807) is 0 Å². The largest absolute Gasteiger partial charge is 0.325 e. The maximum Gasteiger partial charge on any atom is 0.237 e. The second-order valence-corrected chi connectivity index (χ2v) is 9.55. The van der Waals surface area contributed by atoms with Gasteiger partial charge >= 0.3 is 0 Å². The first kappa shape index (κ1) is 22.8. The van der Waals surface area contributed by atoms with Crippen LogP contribution in [0.2, 0.25) is 5.02 Å². The lowest BCUT2D eigenvalue weighted by Crippen LogP contribution is -2.24. The van der Waals surface area contributed by atoms with Crippen molar-refractivity contribution < 1.29 is 9.18 Å². The monoisotopic (exact) mass is 473 g/mol. The Balaban J connectivity index is 1.50. The number of nitrogens with one attached hydrogen (secondary N) is 1. The van der Waals surface area contributed by atoms with Crippen molar-refractivity contribution in [2.75, 3.05) is 18.4 Å². The molecule has 2 aromatic carbocycles. The fourth-order valence-electron chi connectivity index (χ4n) is 3.62. The number of benzene rings is 2. The van der Waals surface area contributed by atoms with Crippen molar-refractivity contribution in [1.29, 1.82) is 0 Å². The molecule has 1 saturated heterocycles. The predicted molar refractivity (Wildman–Crippen MR) is 125 cm³/mol. The van der Waals surface area contributed by atoms with Crippen LogP contribution in [0, 0.1) is 5.82 Å². The first-order valence-corrected chi connectivity index (χ1v) is 11.9. The van der Waals surface area contributed by atoms with Crippen molar-refractivity contribution in [3.63, 3.8) is 0 Å². The van der Waals surface area contributed by atoms with Gasteiger partial charge in [-0.15, -0.1) is 10.2 Å². The summed E-state index contributed by atoms with van der Waals surface area (Å²) in [5, 5.41) is 11.9. The highest BCUT2D eigenvalue weighted by Gasteiger charge is 2.22. The molecule has 32 heavy (non-hydrogen) atoms. The highest BCUT2D eigenvalue weighted by atomic mass is 35.5. The van der Waals surface area contributed by atoms with E-state index < -0.39 is 11.1 Å². The molecule has 0 spiro atoms. The second kappa shape index (κ2) is 10.5. The van der Waals surface area contributed by atoms with E-state index in [9.17, 15) is 9.18 Å².